The second kappa shape index (κ2) is 8.36. The topological polar surface area (TPSA) is 50.8 Å². The standard InChI is InChI=1S/C20H24N2O3S/c1-4-14-5-7-15(8-6-14)21-20(23)22-11-12-26-19(22)17-10-9-16(24-2)13-18(17)25-3/h5-10,13,19H,4,11-12H2,1-3H3,(H,21,23)/t19-/m0/s1. The van der Waals surface area contributed by atoms with Crippen LogP contribution in [0.15, 0.2) is 42.5 Å². The molecule has 0 unspecified atom stereocenters. The Morgan fingerprint density at radius 3 is 2.62 bits per heavy atom. The molecule has 1 saturated heterocycles. The number of hydrogen-bond acceptors (Lipinski definition) is 4. The molecule has 1 N–H and O–H groups in total. The molecule has 0 saturated carbocycles. The second-order valence-corrected chi connectivity index (χ2v) is 7.19. The molecule has 3 rings (SSSR count). The maximum atomic E-state index is 12.8. The van der Waals surface area contributed by atoms with Crippen LogP contribution in [0.3, 0.4) is 0 Å². The van der Waals surface area contributed by atoms with Gasteiger partial charge in [-0.25, -0.2) is 4.79 Å². The largest absolute Gasteiger partial charge is 0.497 e. The van der Waals surface area contributed by atoms with E-state index >= 15 is 0 Å². The van der Waals surface area contributed by atoms with Crippen LogP contribution >= 0.6 is 11.8 Å². The van der Waals surface area contributed by atoms with Crippen molar-refractivity contribution in [2.24, 2.45) is 0 Å². The summed E-state index contributed by atoms with van der Waals surface area (Å²) in [5.41, 5.74) is 3.04. The predicted molar refractivity (Wildman–Crippen MR) is 106 cm³/mol. The number of methoxy groups -OCH3 is 2. The van der Waals surface area contributed by atoms with Gasteiger partial charge in [0.25, 0.3) is 0 Å². The van der Waals surface area contributed by atoms with Crippen LogP contribution in [0.25, 0.3) is 0 Å². The van der Waals surface area contributed by atoms with Crippen molar-refractivity contribution in [1.29, 1.82) is 0 Å². The van der Waals surface area contributed by atoms with E-state index in [1.807, 2.05) is 47.4 Å². The number of nitrogens with one attached hydrogen (secondary N) is 1. The van der Waals surface area contributed by atoms with Crippen LogP contribution in [0, 0.1) is 0 Å². The predicted octanol–water partition coefficient (Wildman–Crippen LogP) is 4.55. The molecule has 1 aliphatic heterocycles. The summed E-state index contributed by atoms with van der Waals surface area (Å²) in [6.45, 7) is 2.81. The van der Waals surface area contributed by atoms with Crippen molar-refractivity contribution in [2.45, 2.75) is 18.7 Å². The number of ether oxygens (including phenoxy) is 2. The van der Waals surface area contributed by atoms with Gasteiger partial charge in [0.15, 0.2) is 0 Å². The van der Waals surface area contributed by atoms with E-state index < -0.39 is 0 Å². The van der Waals surface area contributed by atoms with E-state index in [-0.39, 0.29) is 11.4 Å². The number of nitrogens with zero attached hydrogens (tertiary/aromatic N) is 1. The maximum absolute atomic E-state index is 12.8. The Kier molecular flexibility index (Phi) is 5.93. The molecule has 0 aromatic heterocycles. The van der Waals surface area contributed by atoms with Gasteiger partial charge in [0.05, 0.1) is 14.2 Å². The van der Waals surface area contributed by atoms with Gasteiger partial charge in [-0.2, -0.15) is 0 Å². The molecule has 26 heavy (non-hydrogen) atoms. The highest BCUT2D eigenvalue weighted by Crippen LogP contribution is 2.43. The van der Waals surface area contributed by atoms with Gasteiger partial charge in [-0.3, -0.25) is 0 Å². The molecule has 0 bridgehead atoms. The highest BCUT2D eigenvalue weighted by atomic mass is 32.2. The smallest absolute Gasteiger partial charge is 0.323 e. The highest BCUT2D eigenvalue weighted by Gasteiger charge is 2.32. The zero-order valence-electron chi connectivity index (χ0n) is 15.3. The number of rotatable bonds is 5. The zero-order chi connectivity index (χ0) is 18.5. The van der Waals surface area contributed by atoms with Gasteiger partial charge in [-0.05, 0) is 36.2 Å². The minimum absolute atomic E-state index is 0.0780. The van der Waals surface area contributed by atoms with Crippen LogP contribution in [0.5, 0.6) is 11.5 Å². The minimum Gasteiger partial charge on any atom is -0.497 e. The van der Waals surface area contributed by atoms with Gasteiger partial charge in [0, 0.05) is 29.6 Å². The number of thioether (sulfide) groups is 1. The number of hydrogen-bond donors (Lipinski definition) is 1. The van der Waals surface area contributed by atoms with E-state index in [1.54, 1.807) is 26.0 Å². The number of anilines is 1. The lowest BCUT2D eigenvalue weighted by molar-refractivity contribution is 0.213. The average Bonchev–Trinajstić information content (AvgIpc) is 3.17. The zero-order valence-corrected chi connectivity index (χ0v) is 16.1. The van der Waals surface area contributed by atoms with E-state index in [0.717, 1.165) is 34.9 Å². The van der Waals surface area contributed by atoms with Crippen molar-refractivity contribution < 1.29 is 14.3 Å². The van der Waals surface area contributed by atoms with Crippen molar-refractivity contribution in [3.05, 3.63) is 53.6 Å². The van der Waals surface area contributed by atoms with Crippen LogP contribution < -0.4 is 14.8 Å². The Morgan fingerprint density at radius 1 is 1.19 bits per heavy atom. The lowest BCUT2D eigenvalue weighted by Crippen LogP contribution is -2.34. The van der Waals surface area contributed by atoms with Gasteiger partial charge in [0.1, 0.15) is 16.9 Å². The monoisotopic (exact) mass is 372 g/mol. The molecule has 5 nitrogen and oxygen atoms in total. The van der Waals surface area contributed by atoms with Crippen LogP contribution in [0.4, 0.5) is 10.5 Å². The fourth-order valence-corrected chi connectivity index (χ4v) is 4.26. The normalized spacial score (nSPS) is 16.4. The van der Waals surface area contributed by atoms with E-state index in [4.69, 9.17) is 9.47 Å². The Bertz CT molecular complexity index is 764. The summed E-state index contributed by atoms with van der Waals surface area (Å²) in [7, 11) is 3.26. The molecule has 1 fully saturated rings. The molecule has 0 spiro atoms. The van der Waals surface area contributed by atoms with Gasteiger partial charge in [0.2, 0.25) is 0 Å². The summed E-state index contributed by atoms with van der Waals surface area (Å²) in [6.07, 6.45) is 0.982. The molecule has 0 aliphatic carbocycles. The SMILES string of the molecule is CCc1ccc(NC(=O)N2CCS[C@H]2c2ccc(OC)cc2OC)cc1. The summed E-state index contributed by atoms with van der Waals surface area (Å²) in [5.74, 6) is 2.36. The van der Waals surface area contributed by atoms with Crippen LogP contribution in [0.1, 0.15) is 23.4 Å². The molecule has 0 radical (unpaired) electrons. The number of carbonyl (C=O) groups excluding carboxylic acids is 1. The maximum Gasteiger partial charge on any atom is 0.323 e. The Morgan fingerprint density at radius 2 is 1.96 bits per heavy atom. The summed E-state index contributed by atoms with van der Waals surface area (Å²) >= 11 is 1.74. The van der Waals surface area contributed by atoms with E-state index in [2.05, 4.69) is 12.2 Å². The lowest BCUT2D eigenvalue weighted by Gasteiger charge is -2.26. The number of urea groups is 1. The molecular weight excluding hydrogens is 348 g/mol. The van der Waals surface area contributed by atoms with Crippen LogP contribution in [0.2, 0.25) is 0 Å². The van der Waals surface area contributed by atoms with Gasteiger partial charge >= 0.3 is 6.03 Å². The molecule has 2 amide bonds. The minimum atomic E-state index is -0.0953. The fourth-order valence-electron chi connectivity index (χ4n) is 2.98. The molecule has 138 valence electrons. The van der Waals surface area contributed by atoms with Crippen molar-refractivity contribution in [3.8, 4) is 11.5 Å². The van der Waals surface area contributed by atoms with E-state index in [9.17, 15) is 4.79 Å². The third-order valence-corrected chi connectivity index (χ3v) is 5.71. The summed E-state index contributed by atoms with van der Waals surface area (Å²) in [5, 5.41) is 2.93. The van der Waals surface area contributed by atoms with Crippen molar-refractivity contribution in [3.63, 3.8) is 0 Å². The summed E-state index contributed by atoms with van der Waals surface area (Å²) in [4.78, 5) is 14.7. The first-order chi connectivity index (χ1) is 12.7. The van der Waals surface area contributed by atoms with Gasteiger partial charge in [-0.1, -0.05) is 19.1 Å². The summed E-state index contributed by atoms with van der Waals surface area (Å²) in [6, 6.07) is 13.6. The van der Waals surface area contributed by atoms with Gasteiger partial charge in [-0.15, -0.1) is 11.8 Å². The first kappa shape index (κ1) is 18.5. The first-order valence-electron chi connectivity index (χ1n) is 8.66. The third kappa shape index (κ3) is 3.90. The van der Waals surface area contributed by atoms with Crippen molar-refractivity contribution >= 4 is 23.5 Å². The van der Waals surface area contributed by atoms with E-state index in [0.29, 0.717) is 6.54 Å². The first-order valence-corrected chi connectivity index (χ1v) is 9.71. The molecule has 1 atom stereocenters. The lowest BCUT2D eigenvalue weighted by atomic mass is 10.1. The molecule has 6 heteroatoms. The number of benzene rings is 2. The molecule has 1 aliphatic rings. The quantitative estimate of drug-likeness (QED) is 0.837. The number of aryl methyl sites for hydroxylation is 1. The Balaban J connectivity index is 1.78. The number of amides is 2. The highest BCUT2D eigenvalue weighted by molar-refractivity contribution is 7.99. The fraction of sp³-hybridized carbons (Fsp3) is 0.350. The van der Waals surface area contributed by atoms with Crippen molar-refractivity contribution in [2.75, 3.05) is 31.8 Å². The summed E-state index contributed by atoms with van der Waals surface area (Å²) < 4.78 is 10.8. The van der Waals surface area contributed by atoms with Crippen LogP contribution in [-0.2, 0) is 6.42 Å². The van der Waals surface area contributed by atoms with Crippen LogP contribution in [-0.4, -0.2) is 37.4 Å². The molecule has 1 heterocycles. The van der Waals surface area contributed by atoms with Gasteiger partial charge < -0.3 is 19.7 Å². The van der Waals surface area contributed by atoms with Crippen molar-refractivity contribution in [1.82, 2.24) is 4.90 Å². The number of carbonyl (C=O) groups is 1. The Hall–Kier alpha value is -2.34. The third-order valence-electron chi connectivity index (χ3n) is 4.47. The average molecular weight is 372 g/mol. The molecular formula is C20H24N2O3S. The Labute approximate surface area is 158 Å². The van der Waals surface area contributed by atoms with E-state index in [1.165, 1.54) is 5.56 Å². The molecule has 2 aromatic carbocycles. The molecule has 2 aromatic rings. The second-order valence-electron chi connectivity index (χ2n) is 6.01.